The summed E-state index contributed by atoms with van der Waals surface area (Å²) in [6, 6.07) is 15.2. The van der Waals surface area contributed by atoms with Gasteiger partial charge in [0.25, 0.3) is 0 Å². The summed E-state index contributed by atoms with van der Waals surface area (Å²) in [4.78, 5) is 0. The zero-order chi connectivity index (χ0) is 25.5. The number of aryl methyl sites for hydroxylation is 1. The van der Waals surface area contributed by atoms with Crippen molar-refractivity contribution in [3.8, 4) is 22.3 Å². The molecule has 3 aromatic rings. The molecule has 0 atom stereocenters. The summed E-state index contributed by atoms with van der Waals surface area (Å²) in [5.41, 5.74) is 2.98. The molecule has 3 aromatic carbocycles. The maximum absolute atomic E-state index is 15.0. The van der Waals surface area contributed by atoms with Gasteiger partial charge in [-0.05, 0) is 54.5 Å². The Bertz CT molecular complexity index is 1180. The standard InChI is InChI=1S/C31H33F3O2/c1-3-5-7-9-24-14-16-26(30(34)29(24)33)23-12-10-22(11-13-23)25-15-17-27(28(32)18-25)31-35-19-21(20-36-31)8-6-4-2/h3,5,10-18,21,31H,4,6-9,19-20H2,1-2H3. The van der Waals surface area contributed by atoms with Crippen LogP contribution >= 0.6 is 0 Å². The molecular formula is C31H33F3O2. The van der Waals surface area contributed by atoms with Gasteiger partial charge in [0.05, 0.1) is 13.2 Å². The molecule has 36 heavy (non-hydrogen) atoms. The van der Waals surface area contributed by atoms with E-state index < -0.39 is 23.7 Å². The minimum absolute atomic E-state index is 0.208. The topological polar surface area (TPSA) is 18.5 Å². The van der Waals surface area contributed by atoms with Crippen molar-refractivity contribution in [2.45, 2.75) is 52.2 Å². The fourth-order valence-electron chi connectivity index (χ4n) is 4.53. The largest absolute Gasteiger partial charge is 0.348 e. The fourth-order valence-corrected chi connectivity index (χ4v) is 4.53. The molecule has 1 aliphatic rings. The van der Waals surface area contributed by atoms with Gasteiger partial charge in [-0.3, -0.25) is 0 Å². The summed E-state index contributed by atoms with van der Waals surface area (Å²) in [6.45, 7) is 5.19. The molecule has 2 nitrogen and oxygen atoms in total. The number of hydrogen-bond acceptors (Lipinski definition) is 2. The van der Waals surface area contributed by atoms with E-state index in [1.54, 1.807) is 42.5 Å². The van der Waals surface area contributed by atoms with Crippen LogP contribution in [0, 0.1) is 23.4 Å². The lowest BCUT2D eigenvalue weighted by atomic mass is 9.97. The molecule has 0 radical (unpaired) electrons. The molecule has 1 fully saturated rings. The Morgan fingerprint density at radius 1 is 0.861 bits per heavy atom. The average molecular weight is 495 g/mol. The second-order valence-corrected chi connectivity index (χ2v) is 9.33. The van der Waals surface area contributed by atoms with Gasteiger partial charge in [0.15, 0.2) is 17.9 Å². The summed E-state index contributed by atoms with van der Waals surface area (Å²) in [5, 5.41) is 0. The van der Waals surface area contributed by atoms with Crippen molar-refractivity contribution in [2.75, 3.05) is 13.2 Å². The van der Waals surface area contributed by atoms with Gasteiger partial charge in [0.2, 0.25) is 0 Å². The molecule has 0 aliphatic carbocycles. The number of ether oxygens (including phenoxy) is 2. The highest BCUT2D eigenvalue weighted by Crippen LogP contribution is 2.33. The van der Waals surface area contributed by atoms with E-state index in [0.29, 0.717) is 54.2 Å². The van der Waals surface area contributed by atoms with Crippen molar-refractivity contribution >= 4 is 0 Å². The van der Waals surface area contributed by atoms with Gasteiger partial charge < -0.3 is 9.47 Å². The van der Waals surface area contributed by atoms with Crippen LogP contribution in [-0.2, 0) is 15.9 Å². The van der Waals surface area contributed by atoms with Crippen LogP contribution in [0.4, 0.5) is 13.2 Å². The third kappa shape index (κ3) is 6.08. The van der Waals surface area contributed by atoms with E-state index in [0.717, 1.165) is 24.8 Å². The molecule has 190 valence electrons. The van der Waals surface area contributed by atoms with Crippen molar-refractivity contribution in [1.29, 1.82) is 0 Å². The van der Waals surface area contributed by atoms with E-state index >= 15 is 0 Å². The molecule has 0 spiro atoms. The first-order valence-electron chi connectivity index (χ1n) is 12.7. The Morgan fingerprint density at radius 3 is 2.22 bits per heavy atom. The Kier molecular flexibility index (Phi) is 9.00. The zero-order valence-electron chi connectivity index (χ0n) is 20.9. The molecule has 1 heterocycles. The lowest BCUT2D eigenvalue weighted by Crippen LogP contribution is -2.27. The predicted molar refractivity (Wildman–Crippen MR) is 138 cm³/mol. The molecule has 1 saturated heterocycles. The number of hydrogen-bond donors (Lipinski definition) is 0. The second-order valence-electron chi connectivity index (χ2n) is 9.33. The quantitative estimate of drug-likeness (QED) is 0.277. The van der Waals surface area contributed by atoms with E-state index in [-0.39, 0.29) is 5.56 Å². The number of halogens is 3. The summed E-state index contributed by atoms with van der Waals surface area (Å²) in [6.07, 6.45) is 7.55. The van der Waals surface area contributed by atoms with Gasteiger partial charge in [0.1, 0.15) is 5.82 Å². The van der Waals surface area contributed by atoms with Gasteiger partial charge in [-0.15, -0.1) is 0 Å². The second kappa shape index (κ2) is 12.4. The molecule has 0 amide bonds. The third-order valence-corrected chi connectivity index (χ3v) is 6.69. The minimum atomic E-state index is -0.847. The molecular weight excluding hydrogens is 461 g/mol. The smallest absolute Gasteiger partial charge is 0.186 e. The molecule has 5 heteroatoms. The van der Waals surface area contributed by atoms with Crippen LogP contribution in [0.3, 0.4) is 0 Å². The van der Waals surface area contributed by atoms with E-state index in [2.05, 4.69) is 6.92 Å². The summed E-state index contributed by atoms with van der Waals surface area (Å²) in [5.74, 6) is -1.69. The van der Waals surface area contributed by atoms with E-state index in [1.165, 1.54) is 6.07 Å². The highest BCUT2D eigenvalue weighted by atomic mass is 19.2. The normalized spacial score (nSPS) is 18.1. The SMILES string of the molecule is CC=CCCc1ccc(-c2ccc(-c3ccc(C4OCC(CCCC)CO4)c(F)c3)cc2)c(F)c1F. The van der Waals surface area contributed by atoms with Crippen LogP contribution in [0.5, 0.6) is 0 Å². The van der Waals surface area contributed by atoms with Crippen LogP contribution in [-0.4, -0.2) is 13.2 Å². The van der Waals surface area contributed by atoms with Crippen molar-refractivity contribution in [3.63, 3.8) is 0 Å². The average Bonchev–Trinajstić information content (AvgIpc) is 2.90. The lowest BCUT2D eigenvalue weighted by Gasteiger charge is -2.29. The monoisotopic (exact) mass is 494 g/mol. The Morgan fingerprint density at radius 2 is 1.56 bits per heavy atom. The Hall–Kier alpha value is -2.89. The zero-order valence-corrected chi connectivity index (χ0v) is 20.9. The maximum atomic E-state index is 15.0. The molecule has 0 unspecified atom stereocenters. The minimum Gasteiger partial charge on any atom is -0.348 e. The van der Waals surface area contributed by atoms with Crippen LogP contribution in [0.25, 0.3) is 22.3 Å². The summed E-state index contributed by atoms with van der Waals surface area (Å²) >= 11 is 0. The first kappa shape index (κ1) is 26.2. The molecule has 1 aliphatic heterocycles. The Balaban J connectivity index is 1.46. The lowest BCUT2D eigenvalue weighted by molar-refractivity contribution is -0.207. The fraction of sp³-hybridized carbons (Fsp3) is 0.355. The number of rotatable bonds is 9. The van der Waals surface area contributed by atoms with Gasteiger partial charge >= 0.3 is 0 Å². The third-order valence-electron chi connectivity index (χ3n) is 6.69. The van der Waals surface area contributed by atoms with E-state index in [1.807, 2.05) is 25.1 Å². The highest BCUT2D eigenvalue weighted by molar-refractivity contribution is 5.71. The molecule has 4 rings (SSSR count). The van der Waals surface area contributed by atoms with Crippen LogP contribution < -0.4 is 0 Å². The van der Waals surface area contributed by atoms with Crippen molar-refractivity contribution in [2.24, 2.45) is 5.92 Å². The molecule has 0 bridgehead atoms. The number of allylic oxidation sites excluding steroid dienone is 2. The molecule has 0 N–H and O–H groups in total. The summed E-state index contributed by atoms with van der Waals surface area (Å²) < 4.78 is 55.9. The highest BCUT2D eigenvalue weighted by Gasteiger charge is 2.25. The van der Waals surface area contributed by atoms with Gasteiger partial charge in [0, 0.05) is 17.0 Å². The Labute approximate surface area is 211 Å². The predicted octanol–water partition coefficient (Wildman–Crippen LogP) is 8.80. The van der Waals surface area contributed by atoms with E-state index in [4.69, 9.17) is 9.47 Å². The van der Waals surface area contributed by atoms with Crippen LogP contribution in [0.2, 0.25) is 0 Å². The first-order chi connectivity index (χ1) is 17.5. The van der Waals surface area contributed by atoms with Crippen molar-refractivity contribution < 1.29 is 22.6 Å². The van der Waals surface area contributed by atoms with Crippen LogP contribution in [0.15, 0.2) is 66.7 Å². The number of unbranched alkanes of at least 4 members (excludes halogenated alkanes) is 1. The van der Waals surface area contributed by atoms with Gasteiger partial charge in [-0.25, -0.2) is 13.2 Å². The maximum Gasteiger partial charge on any atom is 0.186 e. The molecule has 0 aromatic heterocycles. The van der Waals surface area contributed by atoms with E-state index in [9.17, 15) is 13.2 Å². The van der Waals surface area contributed by atoms with Crippen LogP contribution in [0.1, 0.15) is 56.9 Å². The van der Waals surface area contributed by atoms with Gasteiger partial charge in [-0.2, -0.15) is 0 Å². The number of benzene rings is 3. The van der Waals surface area contributed by atoms with Crippen molar-refractivity contribution in [3.05, 3.63) is 95.3 Å². The van der Waals surface area contributed by atoms with Gasteiger partial charge in [-0.1, -0.05) is 80.4 Å². The molecule has 0 saturated carbocycles. The van der Waals surface area contributed by atoms with Crippen molar-refractivity contribution in [1.82, 2.24) is 0 Å². The summed E-state index contributed by atoms with van der Waals surface area (Å²) in [7, 11) is 0. The first-order valence-corrected chi connectivity index (χ1v) is 12.7.